The van der Waals surface area contributed by atoms with Gasteiger partial charge in [-0.1, -0.05) is 36.4 Å². The van der Waals surface area contributed by atoms with Gasteiger partial charge < -0.3 is 20.3 Å². The SMILES string of the molecule is Cc1cccc(C)c1NC(=O)C[NH+](C)CC(=O)Nc1ccc(Oc2ccccc2)cc1. The minimum absolute atomic E-state index is 0.120. The summed E-state index contributed by atoms with van der Waals surface area (Å²) in [5, 5.41) is 5.81. The Kier molecular flexibility index (Phi) is 7.40. The summed E-state index contributed by atoms with van der Waals surface area (Å²) in [6.07, 6.45) is 0. The van der Waals surface area contributed by atoms with Crippen molar-refractivity contribution in [1.29, 1.82) is 0 Å². The quantitative estimate of drug-likeness (QED) is 0.526. The normalized spacial score (nSPS) is 11.5. The molecule has 0 heterocycles. The fourth-order valence-corrected chi connectivity index (χ4v) is 3.24. The Balaban J connectivity index is 1.47. The lowest BCUT2D eigenvalue weighted by atomic mass is 10.1. The smallest absolute Gasteiger partial charge is 0.279 e. The average Bonchev–Trinajstić information content (AvgIpc) is 2.73. The molecule has 0 aliphatic heterocycles. The van der Waals surface area contributed by atoms with Crippen molar-refractivity contribution in [2.75, 3.05) is 30.8 Å². The molecule has 0 aliphatic rings. The third-order valence-electron chi connectivity index (χ3n) is 4.79. The zero-order valence-electron chi connectivity index (χ0n) is 18.1. The fourth-order valence-electron chi connectivity index (χ4n) is 3.24. The third kappa shape index (κ3) is 6.69. The van der Waals surface area contributed by atoms with Gasteiger partial charge in [-0.2, -0.15) is 0 Å². The van der Waals surface area contributed by atoms with Gasteiger partial charge in [0.25, 0.3) is 11.8 Å². The molecule has 0 spiro atoms. The molecule has 0 saturated carbocycles. The van der Waals surface area contributed by atoms with E-state index in [1.807, 2.05) is 69.4 Å². The van der Waals surface area contributed by atoms with Crippen LogP contribution in [0.15, 0.2) is 72.8 Å². The largest absolute Gasteiger partial charge is 0.457 e. The molecule has 0 saturated heterocycles. The standard InChI is InChI=1S/C25H27N3O3/c1-18-8-7-9-19(2)25(18)27-24(30)17-28(3)16-23(29)26-20-12-14-22(15-13-20)31-21-10-5-4-6-11-21/h4-15H,16-17H2,1-3H3,(H,26,29)(H,27,30)/p+1. The van der Waals surface area contributed by atoms with Gasteiger partial charge >= 0.3 is 0 Å². The maximum Gasteiger partial charge on any atom is 0.279 e. The molecule has 0 radical (unpaired) electrons. The predicted octanol–water partition coefficient (Wildman–Crippen LogP) is 3.19. The topological polar surface area (TPSA) is 71.9 Å². The minimum Gasteiger partial charge on any atom is -0.457 e. The average molecular weight is 419 g/mol. The van der Waals surface area contributed by atoms with Crippen LogP contribution >= 0.6 is 0 Å². The van der Waals surface area contributed by atoms with Crippen LogP contribution in [0.5, 0.6) is 11.5 Å². The fraction of sp³-hybridized carbons (Fsp3) is 0.200. The summed E-state index contributed by atoms with van der Waals surface area (Å²) in [6, 6.07) is 22.6. The number of likely N-dealkylation sites (N-methyl/N-ethyl adjacent to an activating group) is 1. The first kappa shape index (κ1) is 22.1. The number of rotatable bonds is 8. The molecular formula is C25H28N3O3+. The Bertz CT molecular complexity index is 1010. The molecule has 31 heavy (non-hydrogen) atoms. The second-order valence-electron chi connectivity index (χ2n) is 7.61. The Morgan fingerprint density at radius 2 is 1.29 bits per heavy atom. The van der Waals surface area contributed by atoms with Crippen molar-refractivity contribution < 1.29 is 19.2 Å². The second-order valence-corrected chi connectivity index (χ2v) is 7.61. The van der Waals surface area contributed by atoms with E-state index in [4.69, 9.17) is 4.74 Å². The van der Waals surface area contributed by atoms with E-state index in [0.29, 0.717) is 11.4 Å². The van der Waals surface area contributed by atoms with E-state index in [-0.39, 0.29) is 24.9 Å². The van der Waals surface area contributed by atoms with Crippen molar-refractivity contribution in [3.05, 3.63) is 83.9 Å². The van der Waals surface area contributed by atoms with Gasteiger partial charge in [-0.3, -0.25) is 9.59 Å². The maximum absolute atomic E-state index is 12.4. The van der Waals surface area contributed by atoms with Gasteiger partial charge in [0.05, 0.1) is 7.05 Å². The second kappa shape index (κ2) is 10.4. The van der Waals surface area contributed by atoms with Crippen LogP contribution in [0.4, 0.5) is 11.4 Å². The number of nitrogens with one attached hydrogen (secondary N) is 3. The lowest BCUT2D eigenvalue weighted by molar-refractivity contribution is -0.862. The van der Waals surface area contributed by atoms with Crippen molar-refractivity contribution in [2.24, 2.45) is 0 Å². The van der Waals surface area contributed by atoms with Crippen LogP contribution in [0.25, 0.3) is 0 Å². The van der Waals surface area contributed by atoms with Crippen LogP contribution in [-0.4, -0.2) is 32.0 Å². The van der Waals surface area contributed by atoms with Gasteiger partial charge in [-0.05, 0) is 61.4 Å². The number of hydrogen-bond acceptors (Lipinski definition) is 3. The first-order valence-corrected chi connectivity index (χ1v) is 10.2. The molecule has 3 N–H and O–H groups in total. The highest BCUT2D eigenvalue weighted by Gasteiger charge is 2.16. The highest BCUT2D eigenvalue weighted by Crippen LogP contribution is 2.22. The molecule has 0 bridgehead atoms. The molecule has 6 nitrogen and oxygen atoms in total. The number of carbonyl (C=O) groups is 2. The Hall–Kier alpha value is -3.64. The number of ether oxygens (including phenoxy) is 1. The van der Waals surface area contributed by atoms with Crippen molar-refractivity contribution in [1.82, 2.24) is 0 Å². The van der Waals surface area contributed by atoms with Crippen molar-refractivity contribution in [3.63, 3.8) is 0 Å². The molecule has 1 unspecified atom stereocenters. The summed E-state index contributed by atoms with van der Waals surface area (Å²) in [4.78, 5) is 25.5. The Labute approximate surface area is 182 Å². The molecule has 3 rings (SSSR count). The number of amides is 2. The number of benzene rings is 3. The number of hydrogen-bond donors (Lipinski definition) is 3. The highest BCUT2D eigenvalue weighted by atomic mass is 16.5. The first-order chi connectivity index (χ1) is 14.9. The molecule has 0 fully saturated rings. The predicted molar refractivity (Wildman–Crippen MR) is 123 cm³/mol. The Morgan fingerprint density at radius 1 is 0.742 bits per heavy atom. The van der Waals surface area contributed by atoms with Crippen LogP contribution in [0.1, 0.15) is 11.1 Å². The van der Waals surface area contributed by atoms with Crippen LogP contribution in [-0.2, 0) is 9.59 Å². The summed E-state index contributed by atoms with van der Waals surface area (Å²) in [7, 11) is 1.82. The van der Waals surface area contributed by atoms with E-state index in [0.717, 1.165) is 27.5 Å². The maximum atomic E-state index is 12.4. The molecular weight excluding hydrogens is 390 g/mol. The van der Waals surface area contributed by atoms with Crippen molar-refractivity contribution in [3.8, 4) is 11.5 Å². The van der Waals surface area contributed by atoms with Gasteiger partial charge in [0.15, 0.2) is 13.1 Å². The zero-order valence-corrected chi connectivity index (χ0v) is 18.1. The zero-order chi connectivity index (χ0) is 22.2. The first-order valence-electron chi connectivity index (χ1n) is 10.2. The van der Waals surface area contributed by atoms with Crippen molar-refractivity contribution >= 4 is 23.2 Å². The minimum atomic E-state index is -0.158. The van der Waals surface area contributed by atoms with Crippen LogP contribution < -0.4 is 20.3 Å². The van der Waals surface area contributed by atoms with E-state index >= 15 is 0 Å². The highest BCUT2D eigenvalue weighted by molar-refractivity contribution is 5.94. The van der Waals surface area contributed by atoms with Crippen molar-refractivity contribution in [2.45, 2.75) is 13.8 Å². The van der Waals surface area contributed by atoms with E-state index in [1.165, 1.54) is 0 Å². The number of quaternary nitrogens is 1. The molecule has 6 heteroatoms. The van der Waals surface area contributed by atoms with E-state index in [2.05, 4.69) is 10.6 Å². The number of aryl methyl sites for hydroxylation is 2. The summed E-state index contributed by atoms with van der Waals surface area (Å²) in [5.41, 5.74) is 3.55. The van der Waals surface area contributed by atoms with Crippen LogP contribution in [0.2, 0.25) is 0 Å². The van der Waals surface area contributed by atoms with Crippen LogP contribution in [0.3, 0.4) is 0 Å². The van der Waals surface area contributed by atoms with Gasteiger partial charge in [0.2, 0.25) is 0 Å². The van der Waals surface area contributed by atoms with Gasteiger partial charge in [0, 0.05) is 11.4 Å². The van der Waals surface area contributed by atoms with Crippen LogP contribution in [0, 0.1) is 13.8 Å². The monoisotopic (exact) mass is 418 g/mol. The lowest BCUT2D eigenvalue weighted by Crippen LogP contribution is -3.11. The summed E-state index contributed by atoms with van der Waals surface area (Å²) in [5.74, 6) is 1.16. The molecule has 2 amide bonds. The molecule has 160 valence electrons. The molecule has 1 atom stereocenters. The third-order valence-corrected chi connectivity index (χ3v) is 4.79. The number of anilines is 2. The lowest BCUT2D eigenvalue weighted by Gasteiger charge is -2.15. The van der Waals surface area contributed by atoms with E-state index < -0.39 is 0 Å². The molecule has 3 aromatic rings. The summed E-state index contributed by atoms with van der Waals surface area (Å²) >= 11 is 0. The van der Waals surface area contributed by atoms with Gasteiger partial charge in [-0.25, -0.2) is 0 Å². The Morgan fingerprint density at radius 3 is 1.90 bits per heavy atom. The van der Waals surface area contributed by atoms with E-state index in [1.54, 1.807) is 24.3 Å². The summed E-state index contributed by atoms with van der Waals surface area (Å²) in [6.45, 7) is 4.30. The summed E-state index contributed by atoms with van der Waals surface area (Å²) < 4.78 is 5.75. The molecule has 3 aromatic carbocycles. The van der Waals surface area contributed by atoms with E-state index in [9.17, 15) is 9.59 Å². The molecule has 0 aliphatic carbocycles. The molecule has 0 aromatic heterocycles. The number of para-hydroxylation sites is 2. The van der Waals surface area contributed by atoms with Gasteiger partial charge in [-0.15, -0.1) is 0 Å². The van der Waals surface area contributed by atoms with Gasteiger partial charge in [0.1, 0.15) is 11.5 Å². The number of carbonyl (C=O) groups excluding carboxylic acids is 2.